The van der Waals surface area contributed by atoms with E-state index < -0.39 is 0 Å². The number of rotatable bonds is 9. The lowest BCUT2D eigenvalue weighted by Crippen LogP contribution is -2.18. The minimum absolute atomic E-state index is 1.02. The van der Waals surface area contributed by atoms with Gasteiger partial charge in [-0.05, 0) is 50.4 Å². The number of para-hydroxylation sites is 1. The van der Waals surface area contributed by atoms with Crippen LogP contribution >= 0.6 is 0 Å². The predicted molar refractivity (Wildman–Crippen MR) is 87.0 cm³/mol. The van der Waals surface area contributed by atoms with Gasteiger partial charge in [-0.2, -0.15) is 0 Å². The third-order valence-electron chi connectivity index (χ3n) is 3.55. The van der Waals surface area contributed by atoms with Gasteiger partial charge < -0.3 is 5.32 Å². The maximum atomic E-state index is 4.49. The Morgan fingerprint density at radius 3 is 2.85 bits per heavy atom. The number of unbranched alkanes of at least 4 members (excludes halogenated alkanes) is 3. The van der Waals surface area contributed by atoms with Crippen molar-refractivity contribution in [1.29, 1.82) is 0 Å². The van der Waals surface area contributed by atoms with Gasteiger partial charge in [0.15, 0.2) is 0 Å². The Morgan fingerprint density at radius 2 is 1.95 bits per heavy atom. The van der Waals surface area contributed by atoms with Gasteiger partial charge in [-0.3, -0.25) is 4.98 Å². The maximum Gasteiger partial charge on any atom is 0.0734 e. The van der Waals surface area contributed by atoms with Gasteiger partial charge in [-0.25, -0.2) is 0 Å². The SMILES string of the molecule is C=CCCCCCNCCc1cccc2cccnc12. The predicted octanol–water partition coefficient (Wildman–Crippen LogP) is 4.11. The van der Waals surface area contributed by atoms with Crippen molar-refractivity contribution in [3.63, 3.8) is 0 Å². The first-order valence-electron chi connectivity index (χ1n) is 7.56. The van der Waals surface area contributed by atoms with Gasteiger partial charge in [0, 0.05) is 11.6 Å². The number of nitrogens with one attached hydrogen (secondary N) is 1. The fraction of sp³-hybridized carbons (Fsp3) is 0.389. The Labute approximate surface area is 121 Å². The van der Waals surface area contributed by atoms with E-state index in [-0.39, 0.29) is 0 Å². The monoisotopic (exact) mass is 268 g/mol. The number of allylic oxidation sites excluding steroid dienone is 1. The van der Waals surface area contributed by atoms with E-state index in [1.54, 1.807) is 0 Å². The zero-order valence-electron chi connectivity index (χ0n) is 12.1. The molecule has 0 bridgehead atoms. The molecule has 106 valence electrons. The van der Waals surface area contributed by atoms with Crippen LogP contribution in [0.4, 0.5) is 0 Å². The highest BCUT2D eigenvalue weighted by atomic mass is 14.8. The van der Waals surface area contributed by atoms with Crippen LogP contribution in [0.25, 0.3) is 10.9 Å². The summed E-state index contributed by atoms with van der Waals surface area (Å²) in [6.45, 7) is 5.88. The fourth-order valence-corrected chi connectivity index (χ4v) is 2.43. The molecule has 0 fully saturated rings. The van der Waals surface area contributed by atoms with E-state index in [0.717, 1.165) is 31.4 Å². The van der Waals surface area contributed by atoms with E-state index in [4.69, 9.17) is 0 Å². The molecule has 0 aliphatic heterocycles. The quantitative estimate of drug-likeness (QED) is 0.547. The van der Waals surface area contributed by atoms with Crippen LogP contribution in [0.1, 0.15) is 31.2 Å². The molecular weight excluding hydrogens is 244 g/mol. The van der Waals surface area contributed by atoms with Crippen LogP contribution in [-0.4, -0.2) is 18.1 Å². The van der Waals surface area contributed by atoms with Gasteiger partial charge in [0.25, 0.3) is 0 Å². The minimum Gasteiger partial charge on any atom is -0.316 e. The van der Waals surface area contributed by atoms with Gasteiger partial charge in [0.2, 0.25) is 0 Å². The Hall–Kier alpha value is -1.67. The zero-order chi connectivity index (χ0) is 14.0. The van der Waals surface area contributed by atoms with Crippen LogP contribution in [0, 0.1) is 0 Å². The molecule has 0 amide bonds. The summed E-state index contributed by atoms with van der Waals surface area (Å²) in [7, 11) is 0. The van der Waals surface area contributed by atoms with E-state index in [0.29, 0.717) is 0 Å². The summed E-state index contributed by atoms with van der Waals surface area (Å²) in [4.78, 5) is 4.49. The van der Waals surface area contributed by atoms with E-state index in [2.05, 4.69) is 41.1 Å². The van der Waals surface area contributed by atoms with Crippen LogP contribution in [-0.2, 0) is 6.42 Å². The van der Waals surface area contributed by atoms with Crippen LogP contribution in [0.15, 0.2) is 49.2 Å². The first kappa shape index (κ1) is 14.7. The number of aromatic nitrogens is 1. The normalized spacial score (nSPS) is 10.8. The second kappa shape index (κ2) is 8.49. The third kappa shape index (κ3) is 4.46. The van der Waals surface area contributed by atoms with Crippen molar-refractivity contribution in [2.45, 2.75) is 32.1 Å². The van der Waals surface area contributed by atoms with Crippen LogP contribution in [0.3, 0.4) is 0 Å². The first-order chi connectivity index (χ1) is 9.92. The second-order valence-corrected chi connectivity index (χ2v) is 5.13. The molecule has 1 aromatic heterocycles. The maximum absolute atomic E-state index is 4.49. The van der Waals surface area contributed by atoms with Crippen LogP contribution < -0.4 is 5.32 Å². The molecule has 0 saturated carbocycles. The molecule has 2 rings (SSSR count). The molecule has 2 heteroatoms. The fourth-order valence-electron chi connectivity index (χ4n) is 2.43. The molecule has 1 aromatic carbocycles. The summed E-state index contributed by atoms with van der Waals surface area (Å²) in [6, 6.07) is 10.5. The zero-order valence-corrected chi connectivity index (χ0v) is 12.1. The minimum atomic E-state index is 1.02. The molecule has 1 N–H and O–H groups in total. The van der Waals surface area contributed by atoms with Crippen LogP contribution in [0.5, 0.6) is 0 Å². The summed E-state index contributed by atoms with van der Waals surface area (Å²) in [5.41, 5.74) is 2.48. The van der Waals surface area contributed by atoms with Crippen molar-refractivity contribution < 1.29 is 0 Å². The molecule has 0 aliphatic rings. The lowest BCUT2D eigenvalue weighted by Gasteiger charge is -2.07. The molecule has 20 heavy (non-hydrogen) atoms. The Kier molecular flexibility index (Phi) is 6.25. The number of fused-ring (bicyclic) bond motifs is 1. The van der Waals surface area contributed by atoms with Gasteiger partial charge in [-0.15, -0.1) is 6.58 Å². The molecule has 1 heterocycles. The molecule has 2 nitrogen and oxygen atoms in total. The van der Waals surface area contributed by atoms with Crippen molar-refractivity contribution in [1.82, 2.24) is 10.3 Å². The number of hydrogen-bond donors (Lipinski definition) is 1. The molecular formula is C18H24N2. The van der Waals surface area contributed by atoms with E-state index in [1.807, 2.05) is 18.3 Å². The summed E-state index contributed by atoms with van der Waals surface area (Å²) < 4.78 is 0. The average molecular weight is 268 g/mol. The number of nitrogens with zero attached hydrogens (tertiary/aromatic N) is 1. The van der Waals surface area contributed by atoms with Crippen molar-refractivity contribution >= 4 is 10.9 Å². The highest BCUT2D eigenvalue weighted by molar-refractivity contribution is 5.81. The molecule has 0 radical (unpaired) electrons. The summed E-state index contributed by atoms with van der Waals surface area (Å²) in [5.74, 6) is 0. The molecule has 0 spiro atoms. The largest absolute Gasteiger partial charge is 0.316 e. The van der Waals surface area contributed by atoms with Crippen molar-refractivity contribution in [3.05, 3.63) is 54.7 Å². The number of pyridine rings is 1. The molecule has 0 aliphatic carbocycles. The third-order valence-corrected chi connectivity index (χ3v) is 3.55. The summed E-state index contributed by atoms with van der Waals surface area (Å²) in [6.07, 6.45) is 9.86. The van der Waals surface area contributed by atoms with Gasteiger partial charge in [0.05, 0.1) is 5.52 Å². The van der Waals surface area contributed by atoms with Gasteiger partial charge in [-0.1, -0.05) is 36.8 Å². The van der Waals surface area contributed by atoms with Crippen LogP contribution in [0.2, 0.25) is 0 Å². The van der Waals surface area contributed by atoms with Crippen molar-refractivity contribution in [3.8, 4) is 0 Å². The van der Waals surface area contributed by atoms with E-state index in [1.165, 1.54) is 30.2 Å². The topological polar surface area (TPSA) is 24.9 Å². The van der Waals surface area contributed by atoms with E-state index >= 15 is 0 Å². The second-order valence-electron chi connectivity index (χ2n) is 5.13. The average Bonchev–Trinajstić information content (AvgIpc) is 2.50. The summed E-state index contributed by atoms with van der Waals surface area (Å²) in [5, 5.41) is 4.75. The lowest BCUT2D eigenvalue weighted by atomic mass is 10.1. The summed E-state index contributed by atoms with van der Waals surface area (Å²) >= 11 is 0. The molecule has 0 unspecified atom stereocenters. The molecule has 2 aromatic rings. The van der Waals surface area contributed by atoms with Crippen molar-refractivity contribution in [2.75, 3.05) is 13.1 Å². The van der Waals surface area contributed by atoms with Gasteiger partial charge >= 0.3 is 0 Å². The number of hydrogen-bond acceptors (Lipinski definition) is 2. The Bertz CT molecular complexity index is 528. The smallest absolute Gasteiger partial charge is 0.0734 e. The Morgan fingerprint density at radius 1 is 1.05 bits per heavy atom. The standard InChI is InChI=1S/C18H24N2/c1-2-3-4-5-6-13-19-15-12-17-10-7-9-16-11-8-14-20-18(16)17/h2,7-11,14,19H,1,3-6,12-13,15H2. The lowest BCUT2D eigenvalue weighted by molar-refractivity contribution is 0.607. The first-order valence-corrected chi connectivity index (χ1v) is 7.56. The highest BCUT2D eigenvalue weighted by Crippen LogP contribution is 2.15. The van der Waals surface area contributed by atoms with Gasteiger partial charge in [0.1, 0.15) is 0 Å². The van der Waals surface area contributed by atoms with E-state index in [9.17, 15) is 0 Å². The molecule has 0 atom stereocenters. The Balaban J connectivity index is 1.72. The highest BCUT2D eigenvalue weighted by Gasteiger charge is 2.00. The molecule has 0 saturated heterocycles. The van der Waals surface area contributed by atoms with Crippen molar-refractivity contribution in [2.24, 2.45) is 0 Å². The number of benzene rings is 1.